The van der Waals surface area contributed by atoms with E-state index in [9.17, 15) is 9.59 Å². The van der Waals surface area contributed by atoms with Crippen LogP contribution in [0.3, 0.4) is 0 Å². The molecule has 0 bridgehead atoms. The zero-order valence-corrected chi connectivity index (χ0v) is 6.83. The van der Waals surface area contributed by atoms with Gasteiger partial charge in [-0.2, -0.15) is 0 Å². The van der Waals surface area contributed by atoms with Gasteiger partial charge in [0.25, 0.3) is 0 Å². The van der Waals surface area contributed by atoms with Crippen LogP contribution >= 0.6 is 0 Å². The number of Topliss-reactive ketones (excluding diaryl/α,β-unsaturated/α-hetero) is 1. The van der Waals surface area contributed by atoms with Crippen molar-refractivity contribution in [2.24, 2.45) is 0 Å². The second kappa shape index (κ2) is 9.10. The first-order valence-electron chi connectivity index (χ1n) is 3.36. The van der Waals surface area contributed by atoms with Crippen LogP contribution in [-0.2, 0) is 9.59 Å². The maximum Gasteiger partial charge on any atom is 0.303 e. The van der Waals surface area contributed by atoms with Crippen LogP contribution in [0.15, 0.2) is 0 Å². The molecule has 0 saturated carbocycles. The van der Waals surface area contributed by atoms with Gasteiger partial charge in [-0.05, 0) is 13.8 Å². The molecule has 0 radical (unpaired) electrons. The van der Waals surface area contributed by atoms with Crippen LogP contribution in [0.1, 0.15) is 26.7 Å². The Labute approximate surface area is 65.8 Å². The molecule has 0 aromatic rings. The molecule has 11 heavy (non-hydrogen) atoms. The average molecular weight is 162 g/mol. The number of aliphatic hydroxyl groups excluding tert-OH is 1. The summed E-state index contributed by atoms with van der Waals surface area (Å²) in [6.07, 6.45) is 0.102. The van der Waals surface area contributed by atoms with E-state index in [2.05, 4.69) is 0 Å². The van der Waals surface area contributed by atoms with Crippen molar-refractivity contribution in [2.75, 3.05) is 6.61 Å². The first kappa shape index (κ1) is 12.7. The lowest BCUT2D eigenvalue weighted by atomic mass is 10.2. The lowest BCUT2D eigenvalue weighted by molar-refractivity contribution is -0.138. The summed E-state index contributed by atoms with van der Waals surface area (Å²) in [6.45, 7) is 3.31. The molecule has 0 fully saturated rings. The molecular weight excluding hydrogens is 148 g/mol. The average Bonchev–Trinajstić information content (AvgIpc) is 1.85. The van der Waals surface area contributed by atoms with Crippen molar-refractivity contribution >= 4 is 11.8 Å². The van der Waals surface area contributed by atoms with Gasteiger partial charge in [0, 0.05) is 13.0 Å². The van der Waals surface area contributed by atoms with Gasteiger partial charge in [0.15, 0.2) is 0 Å². The van der Waals surface area contributed by atoms with Gasteiger partial charge >= 0.3 is 5.97 Å². The summed E-state index contributed by atoms with van der Waals surface area (Å²) < 4.78 is 0. The van der Waals surface area contributed by atoms with E-state index < -0.39 is 5.97 Å². The van der Waals surface area contributed by atoms with E-state index in [1.54, 1.807) is 6.92 Å². The highest BCUT2D eigenvalue weighted by Crippen LogP contribution is 1.87. The number of aliphatic carboxylic acids is 1. The second-order valence-corrected chi connectivity index (χ2v) is 1.91. The standard InChI is InChI=1S/C5H8O3.C2H6O/c1-4(6)2-3-5(7)8;1-2-3/h2-3H2,1H3,(H,7,8);3H,2H2,1H3. The van der Waals surface area contributed by atoms with Gasteiger partial charge in [-0.1, -0.05) is 0 Å². The third-order valence-electron chi connectivity index (χ3n) is 0.691. The van der Waals surface area contributed by atoms with Crippen LogP contribution in [0.4, 0.5) is 0 Å². The van der Waals surface area contributed by atoms with E-state index >= 15 is 0 Å². The highest BCUT2D eigenvalue weighted by molar-refractivity contribution is 5.80. The highest BCUT2D eigenvalue weighted by atomic mass is 16.4. The van der Waals surface area contributed by atoms with Crippen molar-refractivity contribution in [2.45, 2.75) is 26.7 Å². The van der Waals surface area contributed by atoms with E-state index in [-0.39, 0.29) is 25.2 Å². The largest absolute Gasteiger partial charge is 0.481 e. The number of carboxylic acid groups (broad SMARTS) is 1. The van der Waals surface area contributed by atoms with E-state index in [1.807, 2.05) is 0 Å². The molecule has 0 atom stereocenters. The SMILES string of the molecule is CC(=O)CCC(=O)O.CCO. The quantitative estimate of drug-likeness (QED) is 0.631. The predicted octanol–water partition coefficient (Wildman–Crippen LogP) is 0.439. The second-order valence-electron chi connectivity index (χ2n) is 1.91. The summed E-state index contributed by atoms with van der Waals surface area (Å²) in [5.41, 5.74) is 0. The molecule has 0 amide bonds. The summed E-state index contributed by atoms with van der Waals surface area (Å²) >= 11 is 0. The molecule has 0 aromatic carbocycles. The molecule has 0 unspecified atom stereocenters. The van der Waals surface area contributed by atoms with Crippen LogP contribution in [0.25, 0.3) is 0 Å². The molecule has 0 spiro atoms. The zero-order chi connectivity index (χ0) is 9.28. The number of carboxylic acids is 1. The van der Waals surface area contributed by atoms with Gasteiger partial charge in [-0.25, -0.2) is 0 Å². The Hall–Kier alpha value is -0.900. The molecule has 4 nitrogen and oxygen atoms in total. The molecule has 0 aliphatic heterocycles. The van der Waals surface area contributed by atoms with Crippen LogP contribution in [0.5, 0.6) is 0 Å². The van der Waals surface area contributed by atoms with Gasteiger partial charge < -0.3 is 15.0 Å². The Kier molecular flexibility index (Phi) is 10.5. The Morgan fingerprint density at radius 3 is 1.73 bits per heavy atom. The van der Waals surface area contributed by atoms with E-state index in [0.29, 0.717) is 0 Å². The molecular formula is C7H14O4. The number of hydrogen-bond acceptors (Lipinski definition) is 3. The summed E-state index contributed by atoms with van der Waals surface area (Å²) in [7, 11) is 0. The van der Waals surface area contributed by atoms with Crippen LogP contribution in [0.2, 0.25) is 0 Å². The van der Waals surface area contributed by atoms with Gasteiger partial charge in [0.2, 0.25) is 0 Å². The van der Waals surface area contributed by atoms with Gasteiger partial charge in [0.05, 0.1) is 6.42 Å². The van der Waals surface area contributed by atoms with Crippen molar-refractivity contribution in [3.63, 3.8) is 0 Å². The van der Waals surface area contributed by atoms with Gasteiger partial charge in [-0.15, -0.1) is 0 Å². The fourth-order valence-electron chi connectivity index (χ4n) is 0.283. The molecule has 0 rings (SSSR count). The molecule has 2 N–H and O–H groups in total. The lowest BCUT2D eigenvalue weighted by Gasteiger charge is -1.86. The number of hydrogen-bond donors (Lipinski definition) is 2. The maximum absolute atomic E-state index is 10.1. The van der Waals surface area contributed by atoms with Gasteiger partial charge in [-0.3, -0.25) is 4.79 Å². The minimum absolute atomic E-state index is 0.0463. The maximum atomic E-state index is 10.1. The fraction of sp³-hybridized carbons (Fsp3) is 0.714. The monoisotopic (exact) mass is 162 g/mol. The van der Waals surface area contributed by atoms with Crippen molar-refractivity contribution in [1.82, 2.24) is 0 Å². The van der Waals surface area contributed by atoms with Crippen LogP contribution < -0.4 is 0 Å². The molecule has 0 saturated heterocycles. The third kappa shape index (κ3) is 27.3. The van der Waals surface area contributed by atoms with Gasteiger partial charge in [0.1, 0.15) is 5.78 Å². The summed E-state index contributed by atoms with van der Waals surface area (Å²) in [5.74, 6) is -0.993. The number of carbonyl (C=O) groups is 2. The highest BCUT2D eigenvalue weighted by Gasteiger charge is 1.97. The molecule has 0 aliphatic carbocycles. The Bertz CT molecular complexity index is 106. The zero-order valence-electron chi connectivity index (χ0n) is 6.83. The minimum Gasteiger partial charge on any atom is -0.481 e. The first-order chi connectivity index (χ1) is 5.04. The van der Waals surface area contributed by atoms with E-state index in [0.717, 1.165) is 0 Å². The van der Waals surface area contributed by atoms with Crippen molar-refractivity contribution < 1.29 is 19.8 Å². The normalized spacial score (nSPS) is 7.91. The minimum atomic E-state index is -0.916. The van der Waals surface area contributed by atoms with Crippen molar-refractivity contribution in [3.8, 4) is 0 Å². The number of rotatable bonds is 3. The van der Waals surface area contributed by atoms with Crippen LogP contribution in [0, 0.1) is 0 Å². The Balaban J connectivity index is 0. The van der Waals surface area contributed by atoms with E-state index in [4.69, 9.17) is 10.2 Å². The first-order valence-corrected chi connectivity index (χ1v) is 3.36. The Morgan fingerprint density at radius 1 is 1.27 bits per heavy atom. The van der Waals surface area contributed by atoms with E-state index in [1.165, 1.54) is 6.92 Å². The smallest absolute Gasteiger partial charge is 0.303 e. The summed E-state index contributed by atoms with van der Waals surface area (Å²) in [4.78, 5) is 19.8. The fourth-order valence-corrected chi connectivity index (χ4v) is 0.283. The Morgan fingerprint density at radius 2 is 1.64 bits per heavy atom. The molecule has 4 heteroatoms. The topological polar surface area (TPSA) is 74.6 Å². The third-order valence-corrected chi connectivity index (χ3v) is 0.691. The molecule has 0 heterocycles. The number of ketones is 1. The number of aliphatic hydroxyl groups is 1. The van der Waals surface area contributed by atoms with Crippen molar-refractivity contribution in [3.05, 3.63) is 0 Å². The van der Waals surface area contributed by atoms with Crippen molar-refractivity contribution in [1.29, 1.82) is 0 Å². The molecule has 0 aliphatic rings. The van der Waals surface area contributed by atoms with Crippen LogP contribution in [-0.4, -0.2) is 28.6 Å². The predicted molar refractivity (Wildman–Crippen MR) is 40.3 cm³/mol. The number of carbonyl (C=O) groups excluding carboxylic acids is 1. The summed E-state index contributed by atoms with van der Waals surface area (Å²) in [6, 6.07) is 0. The summed E-state index contributed by atoms with van der Waals surface area (Å²) in [5, 5.41) is 15.6. The molecule has 0 aromatic heterocycles. The molecule has 66 valence electrons. The lowest BCUT2D eigenvalue weighted by Crippen LogP contribution is -1.98.